The van der Waals surface area contributed by atoms with Gasteiger partial charge in [-0.05, 0) is 31.6 Å². The molecule has 1 spiro atoms. The van der Waals surface area contributed by atoms with Crippen molar-refractivity contribution in [3.63, 3.8) is 0 Å². The van der Waals surface area contributed by atoms with Crippen LogP contribution in [0, 0.1) is 0 Å². The summed E-state index contributed by atoms with van der Waals surface area (Å²) in [6.45, 7) is 1.77. The fourth-order valence-electron chi connectivity index (χ4n) is 4.15. The van der Waals surface area contributed by atoms with E-state index in [1.54, 1.807) is 6.07 Å². The van der Waals surface area contributed by atoms with E-state index in [0.29, 0.717) is 17.9 Å². The first-order valence-corrected chi connectivity index (χ1v) is 8.32. The summed E-state index contributed by atoms with van der Waals surface area (Å²) < 4.78 is 11.6. The highest BCUT2D eigenvalue weighted by Crippen LogP contribution is 2.55. The van der Waals surface area contributed by atoms with Gasteiger partial charge in [-0.3, -0.25) is 0 Å². The van der Waals surface area contributed by atoms with E-state index in [1.807, 2.05) is 12.1 Å². The quantitative estimate of drug-likeness (QED) is 0.765. The Morgan fingerprint density at radius 3 is 3.12 bits per heavy atom. The van der Waals surface area contributed by atoms with E-state index >= 15 is 0 Å². The molecule has 2 heterocycles. The highest BCUT2D eigenvalue weighted by molar-refractivity contribution is 5.72. The molecule has 1 aromatic carbocycles. The molecule has 4 rings (SSSR count). The van der Waals surface area contributed by atoms with E-state index in [2.05, 4.69) is 23.3 Å². The van der Waals surface area contributed by atoms with Crippen LogP contribution in [0.15, 0.2) is 24.3 Å². The van der Waals surface area contributed by atoms with E-state index in [0.717, 1.165) is 25.1 Å². The third kappa shape index (κ3) is 2.21. The van der Waals surface area contributed by atoms with Crippen molar-refractivity contribution in [1.82, 2.24) is 10.2 Å². The van der Waals surface area contributed by atoms with E-state index in [-0.39, 0.29) is 11.5 Å². The van der Waals surface area contributed by atoms with Gasteiger partial charge in [-0.2, -0.15) is 0 Å². The molecule has 0 unspecified atom stereocenters. The summed E-state index contributed by atoms with van der Waals surface area (Å²) in [6, 6.07) is 3.82. The van der Waals surface area contributed by atoms with Crippen molar-refractivity contribution in [1.29, 1.82) is 0 Å². The van der Waals surface area contributed by atoms with Crippen molar-refractivity contribution in [2.45, 2.75) is 37.0 Å². The predicted molar refractivity (Wildman–Crippen MR) is 88.3 cm³/mol. The van der Waals surface area contributed by atoms with Crippen LogP contribution < -0.4 is 14.8 Å². The topological polar surface area (TPSA) is 71.0 Å². The molecule has 24 heavy (non-hydrogen) atoms. The first-order chi connectivity index (χ1) is 11.5. The second-order valence-electron chi connectivity index (χ2n) is 6.86. The lowest BCUT2D eigenvalue weighted by molar-refractivity contribution is 0.0821. The number of amides is 1. The molecule has 0 fully saturated rings. The highest BCUT2D eigenvalue weighted by Gasteiger charge is 2.52. The SMILES string of the molecule is CNC(=O)Oc1ccc2c3c1O[C@H]1C[C@@H](O)C=C[C@@]31CCN(C)C2. The van der Waals surface area contributed by atoms with Crippen molar-refractivity contribution in [3.8, 4) is 11.5 Å². The van der Waals surface area contributed by atoms with Crippen LogP contribution in [-0.2, 0) is 12.0 Å². The monoisotopic (exact) mass is 330 g/mol. The summed E-state index contributed by atoms with van der Waals surface area (Å²) in [6.07, 6.45) is 4.30. The van der Waals surface area contributed by atoms with Gasteiger partial charge < -0.3 is 24.8 Å². The van der Waals surface area contributed by atoms with Crippen LogP contribution in [0.2, 0.25) is 0 Å². The third-order valence-corrected chi connectivity index (χ3v) is 5.33. The van der Waals surface area contributed by atoms with Crippen LogP contribution in [0.3, 0.4) is 0 Å². The Hall–Kier alpha value is -2.05. The molecular formula is C18H22N2O4. The molecule has 6 nitrogen and oxygen atoms in total. The zero-order valence-corrected chi connectivity index (χ0v) is 13.9. The van der Waals surface area contributed by atoms with Crippen molar-refractivity contribution in [2.75, 3.05) is 20.6 Å². The molecule has 1 aliphatic carbocycles. The molecule has 0 saturated carbocycles. The Morgan fingerprint density at radius 2 is 2.33 bits per heavy atom. The molecule has 0 bridgehead atoms. The zero-order chi connectivity index (χ0) is 16.9. The third-order valence-electron chi connectivity index (χ3n) is 5.33. The Morgan fingerprint density at radius 1 is 1.50 bits per heavy atom. The van der Waals surface area contributed by atoms with Gasteiger partial charge in [0.2, 0.25) is 0 Å². The van der Waals surface area contributed by atoms with Gasteiger partial charge in [-0.1, -0.05) is 18.2 Å². The summed E-state index contributed by atoms with van der Waals surface area (Å²) in [5.41, 5.74) is 2.05. The zero-order valence-electron chi connectivity index (χ0n) is 13.9. The number of benzene rings is 1. The summed E-state index contributed by atoms with van der Waals surface area (Å²) in [5, 5.41) is 12.5. The maximum Gasteiger partial charge on any atom is 0.412 e. The van der Waals surface area contributed by atoms with Crippen LogP contribution in [-0.4, -0.2) is 48.9 Å². The Balaban J connectivity index is 1.87. The molecule has 0 aromatic heterocycles. The molecule has 0 radical (unpaired) electrons. The number of ether oxygens (including phenoxy) is 2. The number of aliphatic hydroxyl groups excluding tert-OH is 1. The Bertz CT molecular complexity index is 717. The van der Waals surface area contributed by atoms with Gasteiger partial charge >= 0.3 is 6.09 Å². The lowest BCUT2D eigenvalue weighted by Gasteiger charge is -2.35. The molecule has 6 heteroatoms. The summed E-state index contributed by atoms with van der Waals surface area (Å²) in [5.74, 6) is 1.09. The molecule has 3 atom stereocenters. The van der Waals surface area contributed by atoms with Gasteiger partial charge in [0.15, 0.2) is 11.5 Å². The van der Waals surface area contributed by atoms with Crippen LogP contribution >= 0.6 is 0 Å². The number of rotatable bonds is 1. The minimum absolute atomic E-state index is 0.132. The highest BCUT2D eigenvalue weighted by atomic mass is 16.6. The number of hydrogen-bond acceptors (Lipinski definition) is 5. The van der Waals surface area contributed by atoms with Crippen molar-refractivity contribution in [2.24, 2.45) is 0 Å². The lowest BCUT2D eigenvalue weighted by atomic mass is 9.69. The smallest absolute Gasteiger partial charge is 0.412 e. The maximum atomic E-state index is 11.7. The van der Waals surface area contributed by atoms with Crippen LogP contribution in [0.1, 0.15) is 24.0 Å². The number of nitrogens with one attached hydrogen (secondary N) is 1. The van der Waals surface area contributed by atoms with E-state index in [9.17, 15) is 9.90 Å². The van der Waals surface area contributed by atoms with Crippen LogP contribution in [0.4, 0.5) is 4.79 Å². The first-order valence-electron chi connectivity index (χ1n) is 8.32. The molecule has 1 amide bonds. The van der Waals surface area contributed by atoms with Gasteiger partial charge in [-0.15, -0.1) is 0 Å². The van der Waals surface area contributed by atoms with E-state index in [4.69, 9.17) is 9.47 Å². The van der Waals surface area contributed by atoms with Crippen LogP contribution in [0.5, 0.6) is 11.5 Å². The number of carbonyl (C=O) groups excluding carboxylic acids is 1. The van der Waals surface area contributed by atoms with Gasteiger partial charge in [0.1, 0.15) is 6.10 Å². The van der Waals surface area contributed by atoms with Crippen molar-refractivity contribution >= 4 is 6.09 Å². The van der Waals surface area contributed by atoms with Crippen LogP contribution in [0.25, 0.3) is 0 Å². The number of carbonyl (C=O) groups is 1. The largest absolute Gasteiger partial charge is 0.485 e. The summed E-state index contributed by atoms with van der Waals surface area (Å²) in [4.78, 5) is 14.0. The fraction of sp³-hybridized carbons (Fsp3) is 0.500. The lowest BCUT2D eigenvalue weighted by Crippen LogP contribution is -2.42. The average molecular weight is 330 g/mol. The summed E-state index contributed by atoms with van der Waals surface area (Å²) >= 11 is 0. The normalized spacial score (nSPS) is 30.8. The molecule has 2 aliphatic heterocycles. The Kier molecular flexibility index (Phi) is 3.54. The van der Waals surface area contributed by atoms with Gasteiger partial charge in [0.25, 0.3) is 0 Å². The van der Waals surface area contributed by atoms with Gasteiger partial charge in [0.05, 0.1) is 11.5 Å². The fourth-order valence-corrected chi connectivity index (χ4v) is 4.15. The number of nitrogens with zero attached hydrogens (tertiary/aromatic N) is 1. The van der Waals surface area contributed by atoms with Crippen molar-refractivity contribution in [3.05, 3.63) is 35.4 Å². The number of hydrogen-bond donors (Lipinski definition) is 2. The average Bonchev–Trinajstić information content (AvgIpc) is 2.82. The van der Waals surface area contributed by atoms with E-state index in [1.165, 1.54) is 12.6 Å². The van der Waals surface area contributed by atoms with Gasteiger partial charge in [0, 0.05) is 25.6 Å². The van der Waals surface area contributed by atoms with Gasteiger partial charge in [-0.25, -0.2) is 4.79 Å². The second-order valence-corrected chi connectivity index (χ2v) is 6.86. The first kappa shape index (κ1) is 15.5. The van der Waals surface area contributed by atoms with Crippen molar-refractivity contribution < 1.29 is 19.4 Å². The minimum Gasteiger partial charge on any atom is -0.485 e. The standard InChI is InChI=1S/C18H22N2O4/c1-19-17(22)23-13-4-3-11-10-20(2)8-7-18-6-5-12(21)9-14(18)24-16(13)15(11)18/h3-6,12,14,21H,7-10H2,1-2H3,(H,19,22)/t12-,14-,18-/m0/s1. The Labute approximate surface area is 141 Å². The number of aliphatic hydroxyl groups is 1. The molecule has 3 aliphatic rings. The minimum atomic E-state index is -0.514. The predicted octanol–water partition coefficient (Wildman–Crippen LogP) is 1.56. The summed E-state index contributed by atoms with van der Waals surface area (Å²) in [7, 11) is 3.64. The molecule has 0 saturated heterocycles. The second kappa shape index (κ2) is 5.50. The molecule has 128 valence electrons. The van der Waals surface area contributed by atoms with E-state index < -0.39 is 12.2 Å². The molecule has 2 N–H and O–H groups in total. The molecular weight excluding hydrogens is 308 g/mol. The molecule has 1 aromatic rings. The maximum absolute atomic E-state index is 11.7.